The summed E-state index contributed by atoms with van der Waals surface area (Å²) in [6, 6.07) is 60.4. The molecule has 6 nitrogen and oxygen atoms in total. The molecule has 248 valence electrons. The fourth-order valence-electron chi connectivity index (χ4n) is 5.10. The smallest absolute Gasteiger partial charge is 0.669 e. The molecule has 0 unspecified atom stereocenters. The molecule has 0 bridgehead atoms. The van der Waals surface area contributed by atoms with Crippen LogP contribution in [0.25, 0.3) is 22.4 Å². The van der Waals surface area contributed by atoms with Crippen LogP contribution in [0.3, 0.4) is 0 Å². The number of fused-ring (bicyclic) bond motifs is 1. The maximum Gasteiger partial charge on any atom is 4.00 e. The van der Waals surface area contributed by atoms with Gasteiger partial charge in [-0.05, 0) is 12.1 Å². The maximum absolute atomic E-state index is 6.57. The van der Waals surface area contributed by atoms with E-state index in [9.17, 15) is 0 Å². The molecule has 0 amide bonds. The van der Waals surface area contributed by atoms with Crippen LogP contribution in [0.15, 0.2) is 140 Å². The first-order valence-corrected chi connectivity index (χ1v) is 15.4. The van der Waals surface area contributed by atoms with Crippen molar-refractivity contribution in [2.75, 3.05) is 7.05 Å². The van der Waals surface area contributed by atoms with Crippen LogP contribution in [0.1, 0.15) is 0 Å². The summed E-state index contributed by atoms with van der Waals surface area (Å²) in [7, 11) is 1.98. The van der Waals surface area contributed by atoms with Crippen molar-refractivity contribution >= 4 is 23.1 Å². The predicted octanol–water partition coefficient (Wildman–Crippen LogP) is 9.18. The Bertz CT molecular complexity index is 2360. The fraction of sp³-hybridized carbons (Fsp3) is 0.0233. The van der Waals surface area contributed by atoms with Crippen LogP contribution in [0.5, 0.6) is 23.0 Å². The topological polar surface area (TPSA) is 42.3 Å². The predicted molar refractivity (Wildman–Crippen MR) is 188 cm³/mol. The van der Waals surface area contributed by atoms with E-state index in [1.54, 1.807) is 23.2 Å². The Morgan fingerprint density at radius 2 is 1.31 bits per heavy atom. The molecule has 0 aliphatic carbocycles. The first-order chi connectivity index (χ1) is 24.1. The van der Waals surface area contributed by atoms with Gasteiger partial charge in [-0.15, -0.1) is 48.0 Å². The Kier molecular flexibility index (Phi) is 12.5. The third-order valence-corrected chi connectivity index (χ3v) is 7.39. The van der Waals surface area contributed by atoms with Gasteiger partial charge in [0.15, 0.2) is 7.05 Å². The Hall–Kier alpha value is -5.55. The normalized spacial score (nSPS) is 10.8. The molecule has 0 saturated heterocycles. The zero-order valence-corrected chi connectivity index (χ0v) is 31.6. The summed E-state index contributed by atoms with van der Waals surface area (Å²) in [5.41, 5.74) is 6.17. The van der Waals surface area contributed by atoms with E-state index < -0.39 is 0 Å². The van der Waals surface area contributed by atoms with Crippen LogP contribution in [-0.2, 0) is 42.1 Å². The molecule has 7 aromatic rings. The minimum Gasteiger partial charge on any atom is -0.669 e. The van der Waals surface area contributed by atoms with Crippen LogP contribution in [0.2, 0.25) is 0 Å². The zero-order chi connectivity index (χ0) is 33.4. The second-order valence-electron chi connectivity index (χ2n) is 10.7. The van der Waals surface area contributed by atoms with Gasteiger partial charge in [-0.25, -0.2) is 24.2 Å². The van der Waals surface area contributed by atoms with Crippen LogP contribution < -0.4 is 14.0 Å². The molecular weight excluding hydrogens is 995 g/mol. The number of rotatable bonds is 7. The molecule has 0 spiro atoms. The Morgan fingerprint density at radius 3 is 2.02 bits per heavy atom. The summed E-state index contributed by atoms with van der Waals surface area (Å²) in [5, 5.41) is 0. The second-order valence-corrected chi connectivity index (χ2v) is 10.7. The third-order valence-electron chi connectivity index (χ3n) is 7.39. The Labute approximate surface area is 326 Å². The number of ether oxygens (including phenoxy) is 2. The largest absolute Gasteiger partial charge is 4.00 e. The summed E-state index contributed by atoms with van der Waals surface area (Å²) in [4.78, 5) is 4.55. The summed E-state index contributed by atoms with van der Waals surface area (Å²) < 4.78 is 17.6. The van der Waals surface area contributed by atoms with Crippen molar-refractivity contribution in [3.63, 3.8) is 0 Å². The zero-order valence-electron chi connectivity index (χ0n) is 27.0. The van der Waals surface area contributed by atoms with Crippen LogP contribution in [-0.4, -0.2) is 27.2 Å². The van der Waals surface area contributed by atoms with Gasteiger partial charge in [0.1, 0.15) is 5.69 Å². The van der Waals surface area contributed by atoms with Gasteiger partial charge < -0.3 is 25.4 Å². The molecule has 1 aliphatic heterocycles. The SMILES string of the molecule is C[N+]1=C=[N+](c2[c-]c(Oc3[c-]c(-c4cc(-c5[c-]c(Oc6[c-]cccc6)ccc5)[c-]cn4)ccc3)ccc2)c2ccccc21.[C-]#Cn1cccc1.[Pt+2].[Pt+4]. The van der Waals surface area contributed by atoms with E-state index in [4.69, 9.17) is 15.9 Å². The monoisotopic (exact) mass is 1020 g/mol. The summed E-state index contributed by atoms with van der Waals surface area (Å²) in [5.74, 6) is 2.37. The molecule has 8 heteroatoms. The molecule has 3 heterocycles. The molecule has 0 saturated carbocycles. The average Bonchev–Trinajstić information content (AvgIpc) is 3.81. The van der Waals surface area contributed by atoms with E-state index in [0.29, 0.717) is 23.0 Å². The number of aromatic nitrogens is 2. The van der Waals surface area contributed by atoms with Crippen molar-refractivity contribution in [1.82, 2.24) is 14.1 Å². The number of benzene rings is 5. The first-order valence-electron chi connectivity index (χ1n) is 15.4. The second kappa shape index (κ2) is 17.4. The van der Waals surface area contributed by atoms with Gasteiger partial charge in [0, 0.05) is 47.5 Å². The fourth-order valence-corrected chi connectivity index (χ4v) is 5.10. The van der Waals surface area contributed by atoms with E-state index in [-0.39, 0.29) is 42.1 Å². The van der Waals surface area contributed by atoms with E-state index in [1.165, 1.54) is 0 Å². The van der Waals surface area contributed by atoms with Gasteiger partial charge in [-0.1, -0.05) is 51.4 Å². The number of para-hydroxylation sites is 3. The van der Waals surface area contributed by atoms with Gasteiger partial charge in [0.25, 0.3) is 11.4 Å². The Morgan fingerprint density at radius 1 is 0.686 bits per heavy atom. The molecule has 2 aromatic heterocycles. The molecular formula is C43H26N4O2Pt2+2. The van der Waals surface area contributed by atoms with Crippen molar-refractivity contribution in [3.8, 4) is 51.4 Å². The minimum atomic E-state index is 0. The molecule has 0 radical (unpaired) electrons. The van der Waals surface area contributed by atoms with Gasteiger partial charge in [0.05, 0.1) is 0 Å². The average molecular weight is 1020 g/mol. The van der Waals surface area contributed by atoms with Crippen LogP contribution >= 0.6 is 0 Å². The first kappa shape index (κ1) is 36.7. The number of nitrogens with zero attached hydrogens (tertiary/aromatic N) is 4. The molecule has 0 atom stereocenters. The van der Waals surface area contributed by atoms with E-state index in [2.05, 4.69) is 59.5 Å². The summed E-state index contributed by atoms with van der Waals surface area (Å²) in [6.07, 6.45) is 11.7. The Balaban J connectivity index is 0.000000503. The quantitative estimate of drug-likeness (QED) is 0.0910. The van der Waals surface area contributed by atoms with Gasteiger partial charge in [-0.3, -0.25) is 11.1 Å². The van der Waals surface area contributed by atoms with E-state index >= 15 is 0 Å². The maximum atomic E-state index is 6.57. The van der Waals surface area contributed by atoms with Crippen LogP contribution in [0, 0.1) is 42.8 Å². The minimum absolute atomic E-state index is 0. The molecule has 51 heavy (non-hydrogen) atoms. The van der Waals surface area contributed by atoms with Gasteiger partial charge in [-0.2, -0.15) is 36.4 Å². The number of pyridine rings is 1. The van der Waals surface area contributed by atoms with Crippen molar-refractivity contribution in [3.05, 3.63) is 177 Å². The van der Waals surface area contributed by atoms with Crippen molar-refractivity contribution in [2.45, 2.75) is 0 Å². The standard InChI is InChI=1S/C37H22N3O2.C6H4N.2Pt/c1-39-26-40(37-19-6-5-18-36(37)39)30-12-9-17-34(25-30)42-33-16-8-11-29(23-33)35-24-28(20-21-38-35)27-10-7-15-32(22-27)41-31-13-3-2-4-14-31;1-2-7-5-3-4-6-7;;/h2-13,15-19,21,24H,1H3;3-6H;;/q-3;-1;+2;+4. The number of hydrogen-bond donors (Lipinski definition) is 0. The molecule has 8 rings (SSSR count). The van der Waals surface area contributed by atoms with E-state index in [1.807, 2.05) is 125 Å². The third kappa shape index (κ3) is 8.98. The van der Waals surface area contributed by atoms with E-state index in [0.717, 1.165) is 39.4 Å². The van der Waals surface area contributed by atoms with Crippen molar-refractivity contribution in [2.24, 2.45) is 0 Å². The van der Waals surface area contributed by atoms with Crippen molar-refractivity contribution < 1.29 is 56.2 Å². The van der Waals surface area contributed by atoms with Gasteiger partial charge >= 0.3 is 48.1 Å². The van der Waals surface area contributed by atoms with Crippen molar-refractivity contribution in [1.29, 1.82) is 0 Å². The molecule has 0 fully saturated rings. The number of hydrogen-bond acceptors (Lipinski definition) is 3. The molecule has 0 N–H and O–H groups in total. The van der Waals surface area contributed by atoms with Crippen LogP contribution in [0.4, 0.5) is 17.1 Å². The molecule has 5 aromatic carbocycles. The summed E-state index contributed by atoms with van der Waals surface area (Å²) in [6.45, 7) is 0. The summed E-state index contributed by atoms with van der Waals surface area (Å²) >= 11 is 0. The van der Waals surface area contributed by atoms with Gasteiger partial charge in [0.2, 0.25) is 0 Å². The molecule has 1 aliphatic rings.